The lowest BCUT2D eigenvalue weighted by molar-refractivity contribution is -0.126. The van der Waals surface area contributed by atoms with E-state index in [0.717, 1.165) is 24.9 Å². The zero-order chi connectivity index (χ0) is 18.5. The van der Waals surface area contributed by atoms with E-state index in [2.05, 4.69) is 31.8 Å². The summed E-state index contributed by atoms with van der Waals surface area (Å²) in [5.41, 5.74) is 2.77. The summed E-state index contributed by atoms with van der Waals surface area (Å²) in [6, 6.07) is 9.41. The van der Waals surface area contributed by atoms with Crippen LogP contribution in [-0.4, -0.2) is 36.5 Å². The number of rotatable bonds is 6. The highest BCUT2D eigenvalue weighted by Gasteiger charge is 2.32. The van der Waals surface area contributed by atoms with Crippen LogP contribution in [0.5, 0.6) is 0 Å². The second kappa shape index (κ2) is 8.47. The molecule has 0 saturated carbocycles. The van der Waals surface area contributed by atoms with Gasteiger partial charge in [-0.1, -0.05) is 12.1 Å². The van der Waals surface area contributed by atoms with Gasteiger partial charge in [0.25, 0.3) is 0 Å². The number of hydrogen-bond acceptors (Lipinski definition) is 5. The molecule has 1 saturated heterocycles. The summed E-state index contributed by atoms with van der Waals surface area (Å²) < 4.78 is 4.69. The molecule has 1 N–H and O–H groups in total. The predicted octanol–water partition coefficient (Wildman–Crippen LogP) is 3.38. The lowest BCUT2D eigenvalue weighted by atomic mass is 10.1. The molecule has 1 amide bonds. The molecule has 26 heavy (non-hydrogen) atoms. The number of ether oxygens (including phenoxy) is 1. The van der Waals surface area contributed by atoms with Gasteiger partial charge in [0.05, 0.1) is 18.7 Å². The van der Waals surface area contributed by atoms with E-state index in [1.54, 1.807) is 23.5 Å². The van der Waals surface area contributed by atoms with Crippen LogP contribution in [0, 0.1) is 0 Å². The van der Waals surface area contributed by atoms with Crippen LogP contribution in [-0.2, 0) is 16.1 Å². The van der Waals surface area contributed by atoms with Crippen LogP contribution in [0.25, 0.3) is 0 Å². The highest BCUT2D eigenvalue weighted by molar-refractivity contribution is 7.07. The molecule has 2 heterocycles. The van der Waals surface area contributed by atoms with Crippen LogP contribution >= 0.6 is 11.3 Å². The lowest BCUT2D eigenvalue weighted by Crippen LogP contribution is -2.44. The van der Waals surface area contributed by atoms with Gasteiger partial charge in [0.1, 0.15) is 0 Å². The highest BCUT2D eigenvalue weighted by Crippen LogP contribution is 2.34. The largest absolute Gasteiger partial charge is 0.465 e. The van der Waals surface area contributed by atoms with Crippen molar-refractivity contribution in [2.75, 3.05) is 13.7 Å². The number of carbonyl (C=O) groups excluding carboxylic acids is 2. The van der Waals surface area contributed by atoms with Crippen LogP contribution < -0.4 is 5.32 Å². The van der Waals surface area contributed by atoms with Crippen molar-refractivity contribution in [3.8, 4) is 0 Å². The molecule has 1 aromatic carbocycles. The van der Waals surface area contributed by atoms with Gasteiger partial charge in [0, 0.05) is 12.6 Å². The molecule has 5 nitrogen and oxygen atoms in total. The SMILES string of the molecule is COC(=O)c1ccc(CNC(=O)C(C)N2CCCC2c2ccsc2)cc1. The fourth-order valence-corrected chi connectivity index (χ4v) is 4.15. The molecule has 6 heteroatoms. The smallest absolute Gasteiger partial charge is 0.337 e. The zero-order valence-corrected chi connectivity index (χ0v) is 15.9. The molecule has 138 valence electrons. The number of nitrogens with zero attached hydrogens (tertiary/aromatic N) is 1. The normalized spacial score (nSPS) is 18.5. The third kappa shape index (κ3) is 4.14. The minimum Gasteiger partial charge on any atom is -0.465 e. The van der Waals surface area contributed by atoms with E-state index < -0.39 is 0 Å². The van der Waals surface area contributed by atoms with E-state index in [4.69, 9.17) is 0 Å². The second-order valence-electron chi connectivity index (χ2n) is 6.53. The Morgan fingerprint density at radius 1 is 1.31 bits per heavy atom. The lowest BCUT2D eigenvalue weighted by Gasteiger charge is -2.29. The van der Waals surface area contributed by atoms with Gasteiger partial charge < -0.3 is 10.1 Å². The van der Waals surface area contributed by atoms with E-state index in [1.807, 2.05) is 19.1 Å². The van der Waals surface area contributed by atoms with Gasteiger partial charge in [-0.25, -0.2) is 4.79 Å². The monoisotopic (exact) mass is 372 g/mol. The molecule has 1 aliphatic rings. The van der Waals surface area contributed by atoms with Crippen LogP contribution in [0.2, 0.25) is 0 Å². The number of esters is 1. The summed E-state index contributed by atoms with van der Waals surface area (Å²) in [7, 11) is 1.36. The van der Waals surface area contributed by atoms with Crippen molar-refractivity contribution in [2.45, 2.75) is 38.4 Å². The quantitative estimate of drug-likeness (QED) is 0.790. The Morgan fingerprint density at radius 2 is 2.08 bits per heavy atom. The van der Waals surface area contributed by atoms with Crippen LogP contribution in [0.3, 0.4) is 0 Å². The minimum absolute atomic E-state index is 0.0316. The zero-order valence-electron chi connectivity index (χ0n) is 15.1. The molecule has 0 aliphatic carbocycles. The van der Waals surface area contributed by atoms with Crippen molar-refractivity contribution in [3.05, 3.63) is 57.8 Å². The molecule has 3 rings (SSSR count). The number of benzene rings is 1. The van der Waals surface area contributed by atoms with E-state index in [0.29, 0.717) is 18.2 Å². The molecular weight excluding hydrogens is 348 g/mol. The molecule has 1 aromatic heterocycles. The number of amides is 1. The van der Waals surface area contributed by atoms with Gasteiger partial charge >= 0.3 is 5.97 Å². The topological polar surface area (TPSA) is 58.6 Å². The maximum absolute atomic E-state index is 12.6. The summed E-state index contributed by atoms with van der Waals surface area (Å²) >= 11 is 1.70. The first-order chi connectivity index (χ1) is 12.6. The van der Waals surface area contributed by atoms with Crippen molar-refractivity contribution in [3.63, 3.8) is 0 Å². The Labute approximate surface area is 158 Å². The van der Waals surface area contributed by atoms with Gasteiger partial charge in [0.2, 0.25) is 5.91 Å². The predicted molar refractivity (Wildman–Crippen MR) is 102 cm³/mol. The molecule has 1 aliphatic heterocycles. The molecule has 0 bridgehead atoms. The molecule has 0 spiro atoms. The average molecular weight is 372 g/mol. The van der Waals surface area contributed by atoms with Crippen molar-refractivity contribution in [1.82, 2.24) is 10.2 Å². The number of methoxy groups -OCH3 is 1. The first-order valence-electron chi connectivity index (χ1n) is 8.83. The molecule has 0 radical (unpaired) electrons. The van der Waals surface area contributed by atoms with Gasteiger partial charge in [0.15, 0.2) is 0 Å². The van der Waals surface area contributed by atoms with Crippen molar-refractivity contribution in [1.29, 1.82) is 0 Å². The van der Waals surface area contributed by atoms with Crippen molar-refractivity contribution in [2.24, 2.45) is 0 Å². The van der Waals surface area contributed by atoms with Gasteiger partial charge in [-0.3, -0.25) is 9.69 Å². The summed E-state index contributed by atoms with van der Waals surface area (Å²) in [5.74, 6) is -0.327. The number of hydrogen-bond donors (Lipinski definition) is 1. The third-order valence-corrected chi connectivity index (χ3v) is 5.64. The maximum Gasteiger partial charge on any atom is 0.337 e. The Bertz CT molecular complexity index is 743. The van der Waals surface area contributed by atoms with Crippen LogP contribution in [0.4, 0.5) is 0 Å². The standard InChI is InChI=1S/C20H24N2O3S/c1-14(22-10-3-4-18(22)17-9-11-26-13-17)19(23)21-12-15-5-7-16(8-6-15)20(24)25-2/h5-9,11,13-14,18H,3-4,10,12H2,1-2H3,(H,21,23). The first-order valence-corrected chi connectivity index (χ1v) is 9.77. The van der Waals surface area contributed by atoms with Crippen LogP contribution in [0.1, 0.15) is 47.3 Å². The van der Waals surface area contributed by atoms with E-state index in [1.165, 1.54) is 12.7 Å². The summed E-state index contributed by atoms with van der Waals surface area (Å²) in [4.78, 5) is 26.4. The second-order valence-corrected chi connectivity index (χ2v) is 7.31. The molecular formula is C20H24N2O3S. The van der Waals surface area contributed by atoms with Gasteiger partial charge in [-0.2, -0.15) is 11.3 Å². The Kier molecular flexibility index (Phi) is 6.06. The Hall–Kier alpha value is -2.18. The summed E-state index contributed by atoms with van der Waals surface area (Å²) in [6.07, 6.45) is 2.22. The molecule has 2 unspecified atom stereocenters. The molecule has 1 fully saturated rings. The number of carbonyl (C=O) groups is 2. The Morgan fingerprint density at radius 3 is 2.73 bits per heavy atom. The van der Waals surface area contributed by atoms with Crippen molar-refractivity contribution < 1.29 is 14.3 Å². The summed E-state index contributed by atoms with van der Waals surface area (Å²) in [5, 5.41) is 7.28. The average Bonchev–Trinajstić information content (AvgIpc) is 3.36. The van der Waals surface area contributed by atoms with E-state index in [-0.39, 0.29) is 17.9 Å². The number of nitrogens with one attached hydrogen (secondary N) is 1. The fourth-order valence-electron chi connectivity index (χ4n) is 3.44. The Balaban J connectivity index is 1.56. The fraction of sp³-hybridized carbons (Fsp3) is 0.400. The summed E-state index contributed by atoms with van der Waals surface area (Å²) in [6.45, 7) is 3.37. The third-order valence-electron chi connectivity index (χ3n) is 4.94. The van der Waals surface area contributed by atoms with Gasteiger partial charge in [-0.05, 0) is 66.4 Å². The van der Waals surface area contributed by atoms with Crippen LogP contribution in [0.15, 0.2) is 41.1 Å². The van der Waals surface area contributed by atoms with E-state index >= 15 is 0 Å². The molecule has 2 aromatic rings. The first kappa shape index (κ1) is 18.6. The molecule has 2 atom stereocenters. The van der Waals surface area contributed by atoms with Crippen molar-refractivity contribution >= 4 is 23.2 Å². The highest BCUT2D eigenvalue weighted by atomic mass is 32.1. The van der Waals surface area contributed by atoms with E-state index in [9.17, 15) is 9.59 Å². The maximum atomic E-state index is 12.6. The van der Waals surface area contributed by atoms with Gasteiger partial charge in [-0.15, -0.1) is 0 Å². The number of thiophene rings is 1. The number of likely N-dealkylation sites (tertiary alicyclic amines) is 1. The minimum atomic E-state index is -0.359.